The van der Waals surface area contributed by atoms with Gasteiger partial charge in [-0.15, -0.1) is 0 Å². The van der Waals surface area contributed by atoms with Gasteiger partial charge in [0.25, 0.3) is 0 Å². The number of hydrogen-bond donors (Lipinski definition) is 2. The van der Waals surface area contributed by atoms with Crippen LogP contribution in [0.1, 0.15) is 28.5 Å². The maximum atomic E-state index is 11.0. The Morgan fingerprint density at radius 3 is 2.75 bits per heavy atom. The van der Waals surface area contributed by atoms with Crippen LogP contribution < -0.4 is 0 Å². The van der Waals surface area contributed by atoms with Crippen LogP contribution in [0.3, 0.4) is 0 Å². The minimum Gasteiger partial charge on any atom is -0.478 e. The maximum Gasteiger partial charge on any atom is 0.337 e. The van der Waals surface area contributed by atoms with Crippen LogP contribution in [0.5, 0.6) is 0 Å². The highest BCUT2D eigenvalue weighted by Crippen LogP contribution is 2.28. The molecular formula is C12H12ClNO2. The van der Waals surface area contributed by atoms with Crippen molar-refractivity contribution in [3.8, 4) is 0 Å². The van der Waals surface area contributed by atoms with Crippen molar-refractivity contribution in [2.45, 2.75) is 20.3 Å². The van der Waals surface area contributed by atoms with E-state index in [1.54, 1.807) is 12.1 Å². The summed E-state index contributed by atoms with van der Waals surface area (Å²) in [7, 11) is 0. The first-order valence-electron chi connectivity index (χ1n) is 5.08. The van der Waals surface area contributed by atoms with Crippen molar-refractivity contribution in [2.24, 2.45) is 0 Å². The van der Waals surface area contributed by atoms with Gasteiger partial charge < -0.3 is 10.1 Å². The van der Waals surface area contributed by atoms with Gasteiger partial charge in [-0.2, -0.15) is 0 Å². The van der Waals surface area contributed by atoms with Crippen molar-refractivity contribution in [3.05, 3.63) is 34.0 Å². The summed E-state index contributed by atoms with van der Waals surface area (Å²) in [6.07, 6.45) is 0.889. The quantitative estimate of drug-likeness (QED) is 0.841. The lowest BCUT2D eigenvalue weighted by atomic mass is 10.1. The summed E-state index contributed by atoms with van der Waals surface area (Å²) < 4.78 is 0. The molecule has 1 aromatic carbocycles. The molecule has 84 valence electrons. The molecule has 0 aliphatic heterocycles. The van der Waals surface area contributed by atoms with E-state index in [0.717, 1.165) is 28.6 Å². The Balaban J connectivity index is 2.77. The molecule has 1 heterocycles. The second-order valence-corrected chi connectivity index (χ2v) is 4.17. The number of rotatable bonds is 2. The highest BCUT2D eigenvalue weighted by molar-refractivity contribution is 6.34. The highest BCUT2D eigenvalue weighted by Gasteiger charge is 2.13. The molecule has 0 aliphatic carbocycles. The Morgan fingerprint density at radius 2 is 2.19 bits per heavy atom. The third kappa shape index (κ3) is 1.57. The Bertz CT molecular complexity index is 572. The van der Waals surface area contributed by atoms with Crippen LogP contribution >= 0.6 is 11.6 Å². The molecule has 2 aromatic rings. The zero-order chi connectivity index (χ0) is 11.9. The molecule has 0 fully saturated rings. The number of nitrogens with one attached hydrogen (secondary N) is 1. The van der Waals surface area contributed by atoms with E-state index in [1.807, 2.05) is 6.92 Å². The highest BCUT2D eigenvalue weighted by atomic mass is 35.5. The molecule has 0 unspecified atom stereocenters. The number of H-pyrrole nitrogens is 1. The fourth-order valence-electron chi connectivity index (χ4n) is 1.92. The van der Waals surface area contributed by atoms with Crippen molar-refractivity contribution < 1.29 is 9.90 Å². The molecule has 1 aromatic heterocycles. The standard InChI is InChI=1S/C12H12ClNO2/c1-3-10-6(2)7-4-8(12(15)16)9(13)5-11(7)14-10/h4-5,14H,3H2,1-2H3,(H,15,16). The number of fused-ring (bicyclic) bond motifs is 1. The van der Waals surface area contributed by atoms with Gasteiger partial charge in [0.2, 0.25) is 0 Å². The van der Waals surface area contributed by atoms with Crippen molar-refractivity contribution in [1.82, 2.24) is 4.98 Å². The molecule has 0 radical (unpaired) electrons. The molecule has 0 amide bonds. The minimum absolute atomic E-state index is 0.152. The summed E-state index contributed by atoms with van der Waals surface area (Å²) >= 11 is 5.90. The summed E-state index contributed by atoms with van der Waals surface area (Å²) in [5, 5.41) is 10.2. The number of carbonyl (C=O) groups is 1. The average molecular weight is 238 g/mol. The molecule has 0 atom stereocenters. The van der Waals surface area contributed by atoms with Crippen molar-refractivity contribution in [2.75, 3.05) is 0 Å². The lowest BCUT2D eigenvalue weighted by Gasteiger charge is -1.99. The fraction of sp³-hybridized carbons (Fsp3) is 0.250. The van der Waals surface area contributed by atoms with Crippen LogP contribution in [-0.4, -0.2) is 16.1 Å². The number of carboxylic acid groups (broad SMARTS) is 1. The molecule has 3 nitrogen and oxygen atoms in total. The van der Waals surface area contributed by atoms with E-state index in [1.165, 1.54) is 0 Å². The van der Waals surface area contributed by atoms with E-state index in [4.69, 9.17) is 16.7 Å². The monoisotopic (exact) mass is 237 g/mol. The fourth-order valence-corrected chi connectivity index (χ4v) is 2.17. The Kier molecular flexibility index (Phi) is 2.64. The van der Waals surface area contributed by atoms with Gasteiger partial charge in [-0.1, -0.05) is 18.5 Å². The SMILES string of the molecule is CCc1[nH]c2cc(Cl)c(C(=O)O)cc2c1C. The molecule has 0 saturated carbocycles. The molecule has 0 aliphatic rings. The number of aromatic amines is 1. The van der Waals surface area contributed by atoms with Gasteiger partial charge in [0.05, 0.1) is 10.6 Å². The summed E-state index contributed by atoms with van der Waals surface area (Å²) in [4.78, 5) is 14.2. The van der Waals surface area contributed by atoms with E-state index < -0.39 is 5.97 Å². The molecular weight excluding hydrogens is 226 g/mol. The average Bonchev–Trinajstić information content (AvgIpc) is 2.53. The van der Waals surface area contributed by atoms with E-state index >= 15 is 0 Å². The Hall–Kier alpha value is -1.48. The zero-order valence-corrected chi connectivity index (χ0v) is 9.85. The zero-order valence-electron chi connectivity index (χ0n) is 9.10. The lowest BCUT2D eigenvalue weighted by Crippen LogP contribution is -1.96. The van der Waals surface area contributed by atoms with Crippen LogP contribution in [0, 0.1) is 6.92 Å². The van der Waals surface area contributed by atoms with Gasteiger partial charge in [0, 0.05) is 16.6 Å². The van der Waals surface area contributed by atoms with Gasteiger partial charge in [0.15, 0.2) is 0 Å². The van der Waals surface area contributed by atoms with Gasteiger partial charge in [-0.3, -0.25) is 0 Å². The van der Waals surface area contributed by atoms with E-state index in [0.29, 0.717) is 0 Å². The largest absolute Gasteiger partial charge is 0.478 e. The van der Waals surface area contributed by atoms with Crippen molar-refractivity contribution >= 4 is 28.5 Å². The predicted molar refractivity (Wildman–Crippen MR) is 64.4 cm³/mol. The van der Waals surface area contributed by atoms with Gasteiger partial charge in [-0.25, -0.2) is 4.79 Å². The summed E-state index contributed by atoms with van der Waals surface area (Å²) in [5.74, 6) is -0.995. The lowest BCUT2D eigenvalue weighted by molar-refractivity contribution is 0.0697. The number of hydrogen-bond acceptors (Lipinski definition) is 1. The van der Waals surface area contributed by atoms with Gasteiger partial charge in [0.1, 0.15) is 0 Å². The van der Waals surface area contributed by atoms with Gasteiger partial charge in [-0.05, 0) is 31.0 Å². The van der Waals surface area contributed by atoms with E-state index in [-0.39, 0.29) is 10.6 Å². The van der Waals surface area contributed by atoms with E-state index in [2.05, 4.69) is 11.9 Å². The van der Waals surface area contributed by atoms with Crippen molar-refractivity contribution in [1.29, 1.82) is 0 Å². The molecule has 2 rings (SSSR count). The number of halogens is 1. The first-order valence-corrected chi connectivity index (χ1v) is 5.46. The van der Waals surface area contributed by atoms with Crippen LogP contribution in [0.2, 0.25) is 5.02 Å². The number of carboxylic acids is 1. The summed E-state index contributed by atoms with van der Waals surface area (Å²) in [6, 6.07) is 3.30. The Morgan fingerprint density at radius 1 is 1.50 bits per heavy atom. The third-order valence-corrected chi connectivity index (χ3v) is 3.15. The van der Waals surface area contributed by atoms with Crippen LogP contribution in [0.15, 0.2) is 12.1 Å². The first kappa shape index (κ1) is 11.0. The molecule has 0 saturated heterocycles. The second-order valence-electron chi connectivity index (χ2n) is 3.76. The first-order chi connectivity index (χ1) is 7.54. The second kappa shape index (κ2) is 3.83. The number of benzene rings is 1. The number of aryl methyl sites for hydroxylation is 2. The minimum atomic E-state index is -0.995. The van der Waals surface area contributed by atoms with E-state index in [9.17, 15) is 4.79 Å². The molecule has 0 bridgehead atoms. The molecule has 2 N–H and O–H groups in total. The van der Waals surface area contributed by atoms with Crippen LogP contribution in [-0.2, 0) is 6.42 Å². The summed E-state index contributed by atoms with van der Waals surface area (Å²) in [6.45, 7) is 4.04. The van der Waals surface area contributed by atoms with Gasteiger partial charge >= 0.3 is 5.97 Å². The molecule has 0 spiro atoms. The molecule has 16 heavy (non-hydrogen) atoms. The molecule has 4 heteroatoms. The number of aromatic nitrogens is 1. The third-order valence-electron chi connectivity index (χ3n) is 2.83. The smallest absolute Gasteiger partial charge is 0.337 e. The van der Waals surface area contributed by atoms with Crippen molar-refractivity contribution in [3.63, 3.8) is 0 Å². The predicted octanol–water partition coefficient (Wildman–Crippen LogP) is 3.39. The topological polar surface area (TPSA) is 53.1 Å². The summed E-state index contributed by atoms with van der Waals surface area (Å²) in [5.41, 5.74) is 3.26. The number of aromatic carboxylic acids is 1. The normalized spacial score (nSPS) is 10.9. The van der Waals surface area contributed by atoms with Crippen LogP contribution in [0.4, 0.5) is 0 Å². The maximum absolute atomic E-state index is 11.0. The van der Waals surface area contributed by atoms with Crippen LogP contribution in [0.25, 0.3) is 10.9 Å². The Labute approximate surface area is 98.0 Å².